The summed E-state index contributed by atoms with van der Waals surface area (Å²) in [5, 5.41) is 9.54. The van der Waals surface area contributed by atoms with Crippen LogP contribution >= 0.6 is 0 Å². The molecule has 0 aliphatic heterocycles. The van der Waals surface area contributed by atoms with Gasteiger partial charge in [-0.2, -0.15) is 0 Å². The van der Waals surface area contributed by atoms with Crippen LogP contribution in [0.4, 0.5) is 0 Å². The molecule has 0 heterocycles. The number of hydrogen-bond acceptors (Lipinski definition) is 2. The van der Waals surface area contributed by atoms with Gasteiger partial charge in [-0.15, -0.1) is 0 Å². The van der Waals surface area contributed by atoms with Crippen LogP contribution in [0.2, 0.25) is 0 Å². The van der Waals surface area contributed by atoms with Crippen LogP contribution in [0.5, 0.6) is 11.5 Å². The summed E-state index contributed by atoms with van der Waals surface area (Å²) in [4.78, 5) is 0. The van der Waals surface area contributed by atoms with E-state index in [-0.39, 0.29) is 5.75 Å². The van der Waals surface area contributed by atoms with Crippen molar-refractivity contribution in [2.45, 2.75) is 26.7 Å². The number of allylic oxidation sites excluding steroid dienone is 1. The second-order valence-electron chi connectivity index (χ2n) is 3.54. The average Bonchev–Trinajstić information content (AvgIpc) is 2.20. The second kappa shape index (κ2) is 6.12. The molecular formula is C13H18O2. The Labute approximate surface area is 91.2 Å². The van der Waals surface area contributed by atoms with Gasteiger partial charge >= 0.3 is 0 Å². The van der Waals surface area contributed by atoms with Gasteiger partial charge in [0.1, 0.15) is 6.61 Å². The third-order valence-corrected chi connectivity index (χ3v) is 2.07. The number of hydrogen-bond donors (Lipinski definition) is 1. The molecule has 15 heavy (non-hydrogen) atoms. The molecule has 0 aliphatic carbocycles. The first-order valence-corrected chi connectivity index (χ1v) is 5.31. The molecule has 0 unspecified atom stereocenters. The van der Waals surface area contributed by atoms with Gasteiger partial charge in [-0.3, -0.25) is 0 Å². The van der Waals surface area contributed by atoms with E-state index in [2.05, 4.69) is 13.0 Å². The first-order valence-electron chi connectivity index (χ1n) is 5.31. The highest BCUT2D eigenvalue weighted by atomic mass is 16.5. The summed E-state index contributed by atoms with van der Waals surface area (Å²) in [6.07, 6.45) is 6.28. The van der Waals surface area contributed by atoms with Crippen LogP contribution in [0, 0.1) is 6.92 Å². The van der Waals surface area contributed by atoms with Gasteiger partial charge in [0, 0.05) is 0 Å². The first kappa shape index (κ1) is 11.6. The van der Waals surface area contributed by atoms with Crippen LogP contribution < -0.4 is 4.74 Å². The van der Waals surface area contributed by atoms with Crippen molar-refractivity contribution in [3.63, 3.8) is 0 Å². The van der Waals surface area contributed by atoms with E-state index < -0.39 is 0 Å². The van der Waals surface area contributed by atoms with Gasteiger partial charge in [0.2, 0.25) is 0 Å². The maximum atomic E-state index is 9.54. The van der Waals surface area contributed by atoms with Crippen molar-refractivity contribution >= 4 is 0 Å². The highest BCUT2D eigenvalue weighted by Gasteiger charge is 2.00. The Morgan fingerprint density at radius 1 is 1.33 bits per heavy atom. The minimum Gasteiger partial charge on any atom is -0.504 e. The van der Waals surface area contributed by atoms with Crippen LogP contribution in [0.15, 0.2) is 30.4 Å². The monoisotopic (exact) mass is 206 g/mol. The van der Waals surface area contributed by atoms with Crippen molar-refractivity contribution in [3.8, 4) is 11.5 Å². The number of phenols is 1. The molecule has 0 aliphatic rings. The normalized spacial score (nSPS) is 10.8. The smallest absolute Gasteiger partial charge is 0.161 e. The van der Waals surface area contributed by atoms with E-state index in [1.165, 1.54) is 0 Å². The molecule has 0 spiro atoms. The molecule has 0 amide bonds. The Kier molecular flexibility index (Phi) is 4.75. The molecule has 0 saturated carbocycles. The largest absolute Gasteiger partial charge is 0.504 e. The first-order chi connectivity index (χ1) is 7.24. The van der Waals surface area contributed by atoms with Crippen molar-refractivity contribution in [1.29, 1.82) is 0 Å². The average molecular weight is 206 g/mol. The maximum Gasteiger partial charge on any atom is 0.161 e. The minimum atomic E-state index is 0.207. The highest BCUT2D eigenvalue weighted by molar-refractivity contribution is 5.41. The summed E-state index contributed by atoms with van der Waals surface area (Å²) < 4.78 is 5.40. The minimum absolute atomic E-state index is 0.207. The summed E-state index contributed by atoms with van der Waals surface area (Å²) in [6.45, 7) is 4.58. The van der Waals surface area contributed by atoms with E-state index >= 15 is 0 Å². The zero-order chi connectivity index (χ0) is 11.1. The summed E-state index contributed by atoms with van der Waals surface area (Å²) in [5.74, 6) is 0.751. The van der Waals surface area contributed by atoms with Crippen molar-refractivity contribution in [2.24, 2.45) is 0 Å². The van der Waals surface area contributed by atoms with Gasteiger partial charge < -0.3 is 9.84 Å². The Hall–Kier alpha value is -1.44. The van der Waals surface area contributed by atoms with Crippen LogP contribution in [-0.4, -0.2) is 11.7 Å². The Balaban J connectivity index is 2.44. The fraction of sp³-hybridized carbons (Fsp3) is 0.385. The number of phenolic OH excluding ortho intramolecular Hbond substituents is 1. The molecule has 1 N–H and O–H groups in total. The Morgan fingerprint density at radius 2 is 2.13 bits per heavy atom. The fourth-order valence-corrected chi connectivity index (χ4v) is 1.24. The topological polar surface area (TPSA) is 29.5 Å². The zero-order valence-corrected chi connectivity index (χ0v) is 9.36. The zero-order valence-electron chi connectivity index (χ0n) is 9.36. The second-order valence-corrected chi connectivity index (χ2v) is 3.54. The standard InChI is InChI=1S/C13H18O2/c1-3-4-5-6-9-15-13-8-7-11(2)10-12(13)14/h5-8,10,14H,3-4,9H2,1-2H3/b6-5+. The number of benzene rings is 1. The van der Waals surface area contributed by atoms with Crippen LogP contribution in [-0.2, 0) is 0 Å². The number of ether oxygens (including phenoxy) is 1. The molecule has 0 bridgehead atoms. The third kappa shape index (κ3) is 4.07. The lowest BCUT2D eigenvalue weighted by Gasteiger charge is -2.05. The molecular weight excluding hydrogens is 188 g/mol. The van der Waals surface area contributed by atoms with Gasteiger partial charge in [0.05, 0.1) is 0 Å². The van der Waals surface area contributed by atoms with E-state index in [0.29, 0.717) is 12.4 Å². The molecule has 2 heteroatoms. The van der Waals surface area contributed by atoms with Gasteiger partial charge in [-0.25, -0.2) is 0 Å². The van der Waals surface area contributed by atoms with Crippen molar-refractivity contribution in [3.05, 3.63) is 35.9 Å². The summed E-state index contributed by atoms with van der Waals surface area (Å²) in [6, 6.07) is 5.41. The maximum absolute atomic E-state index is 9.54. The number of unbranched alkanes of at least 4 members (excludes halogenated alkanes) is 1. The predicted molar refractivity (Wildman–Crippen MR) is 62.4 cm³/mol. The molecule has 0 fully saturated rings. The highest BCUT2D eigenvalue weighted by Crippen LogP contribution is 2.26. The summed E-state index contributed by atoms with van der Waals surface area (Å²) in [7, 11) is 0. The predicted octanol–water partition coefficient (Wildman–Crippen LogP) is 3.44. The van der Waals surface area contributed by atoms with Crippen LogP contribution in [0.25, 0.3) is 0 Å². The van der Waals surface area contributed by atoms with Gasteiger partial charge in [0.15, 0.2) is 11.5 Å². The lowest BCUT2D eigenvalue weighted by atomic mass is 10.2. The van der Waals surface area contributed by atoms with Gasteiger partial charge in [0.25, 0.3) is 0 Å². The number of aryl methyl sites for hydroxylation is 1. The van der Waals surface area contributed by atoms with E-state index in [0.717, 1.165) is 18.4 Å². The van der Waals surface area contributed by atoms with E-state index in [1.54, 1.807) is 12.1 Å². The van der Waals surface area contributed by atoms with Crippen molar-refractivity contribution in [2.75, 3.05) is 6.61 Å². The summed E-state index contributed by atoms with van der Waals surface area (Å²) in [5.41, 5.74) is 1.03. The number of rotatable bonds is 5. The van der Waals surface area contributed by atoms with Crippen LogP contribution in [0.3, 0.4) is 0 Å². The Morgan fingerprint density at radius 3 is 2.80 bits per heavy atom. The molecule has 1 aromatic rings. The van der Waals surface area contributed by atoms with E-state index in [4.69, 9.17) is 4.74 Å². The van der Waals surface area contributed by atoms with E-state index in [1.807, 2.05) is 19.1 Å². The third-order valence-electron chi connectivity index (χ3n) is 2.07. The molecule has 0 atom stereocenters. The molecule has 0 aromatic heterocycles. The summed E-state index contributed by atoms with van der Waals surface area (Å²) >= 11 is 0. The molecule has 2 nitrogen and oxygen atoms in total. The fourth-order valence-electron chi connectivity index (χ4n) is 1.24. The molecule has 1 rings (SSSR count). The van der Waals surface area contributed by atoms with Gasteiger partial charge in [-0.1, -0.05) is 31.6 Å². The molecule has 1 aromatic carbocycles. The molecule has 0 radical (unpaired) electrons. The van der Waals surface area contributed by atoms with E-state index in [9.17, 15) is 5.11 Å². The quantitative estimate of drug-likeness (QED) is 0.748. The SMILES string of the molecule is CCC/C=C/COc1ccc(C)cc1O. The van der Waals surface area contributed by atoms with Crippen LogP contribution in [0.1, 0.15) is 25.3 Å². The lowest BCUT2D eigenvalue weighted by Crippen LogP contribution is -1.93. The lowest BCUT2D eigenvalue weighted by molar-refractivity contribution is 0.335. The van der Waals surface area contributed by atoms with Gasteiger partial charge in [-0.05, 0) is 31.0 Å². The Bertz CT molecular complexity index is 329. The molecule has 0 saturated heterocycles. The molecule has 82 valence electrons. The van der Waals surface area contributed by atoms with Crippen molar-refractivity contribution in [1.82, 2.24) is 0 Å². The number of aromatic hydroxyl groups is 1. The van der Waals surface area contributed by atoms with Crippen molar-refractivity contribution < 1.29 is 9.84 Å².